The molecule has 0 aromatic rings. The summed E-state index contributed by atoms with van der Waals surface area (Å²) in [5, 5.41) is 10.1. The second-order valence-corrected chi connectivity index (χ2v) is 7.92. The zero-order chi connectivity index (χ0) is 14.7. The summed E-state index contributed by atoms with van der Waals surface area (Å²) < 4.78 is 28.3. The molecule has 0 spiro atoms. The molecule has 2 unspecified atom stereocenters. The largest absolute Gasteiger partial charge is 0.387 e. The molecule has 2 N–H and O–H groups in total. The van der Waals surface area contributed by atoms with Gasteiger partial charge < -0.3 is 10.0 Å². The van der Waals surface area contributed by atoms with Crippen molar-refractivity contribution in [2.75, 3.05) is 40.3 Å². The molecule has 1 heterocycles. The molecule has 0 aromatic heterocycles. The van der Waals surface area contributed by atoms with Crippen LogP contribution in [0, 0.1) is 5.92 Å². The fraction of sp³-hybridized carbons (Fsp3) is 1.00. The zero-order valence-electron chi connectivity index (χ0n) is 12.4. The van der Waals surface area contributed by atoms with Crippen LogP contribution in [0.4, 0.5) is 0 Å². The highest BCUT2D eigenvalue weighted by molar-refractivity contribution is 7.87. The highest BCUT2D eigenvalue weighted by atomic mass is 32.2. The highest BCUT2D eigenvalue weighted by Gasteiger charge is 2.30. The van der Waals surface area contributed by atoms with Gasteiger partial charge in [-0.05, 0) is 39.8 Å². The summed E-state index contributed by atoms with van der Waals surface area (Å²) in [5.41, 5.74) is -1.07. The fourth-order valence-electron chi connectivity index (χ4n) is 2.44. The van der Waals surface area contributed by atoms with Crippen molar-refractivity contribution in [2.24, 2.45) is 5.92 Å². The molecular formula is C12H27N3O3S. The Hall–Kier alpha value is -0.210. The number of hydrogen-bond donors (Lipinski definition) is 2. The maximum absolute atomic E-state index is 12.2. The fourth-order valence-corrected chi connectivity index (χ4v) is 3.94. The molecule has 1 saturated heterocycles. The molecule has 1 aliphatic heterocycles. The van der Waals surface area contributed by atoms with E-state index in [0.717, 1.165) is 12.8 Å². The number of nitrogens with one attached hydrogen (secondary N) is 1. The van der Waals surface area contributed by atoms with Crippen molar-refractivity contribution in [1.82, 2.24) is 13.9 Å². The van der Waals surface area contributed by atoms with Crippen LogP contribution in [0.1, 0.15) is 26.7 Å². The molecule has 1 fully saturated rings. The summed E-state index contributed by atoms with van der Waals surface area (Å²) in [5.74, 6) is 0.396. The molecule has 1 aliphatic rings. The van der Waals surface area contributed by atoms with Gasteiger partial charge in [0.05, 0.1) is 5.60 Å². The van der Waals surface area contributed by atoms with Crippen molar-refractivity contribution in [3.05, 3.63) is 0 Å². The van der Waals surface area contributed by atoms with E-state index in [-0.39, 0.29) is 6.54 Å². The van der Waals surface area contributed by atoms with Gasteiger partial charge >= 0.3 is 0 Å². The number of aliphatic hydroxyl groups is 1. The Morgan fingerprint density at radius 1 is 1.47 bits per heavy atom. The monoisotopic (exact) mass is 293 g/mol. The Bertz CT molecular complexity index is 382. The first-order chi connectivity index (χ1) is 8.62. The second-order valence-electron chi connectivity index (χ2n) is 6.17. The molecule has 0 amide bonds. The van der Waals surface area contributed by atoms with E-state index in [1.54, 1.807) is 6.92 Å². The van der Waals surface area contributed by atoms with Gasteiger partial charge in [0.2, 0.25) is 0 Å². The lowest BCUT2D eigenvalue weighted by Crippen LogP contribution is -2.52. The third-order valence-corrected chi connectivity index (χ3v) is 4.77. The Morgan fingerprint density at radius 3 is 2.63 bits per heavy atom. The van der Waals surface area contributed by atoms with E-state index in [2.05, 4.69) is 11.6 Å². The predicted molar refractivity (Wildman–Crippen MR) is 76.1 cm³/mol. The quantitative estimate of drug-likeness (QED) is 0.715. The Balaban J connectivity index is 2.55. The molecular weight excluding hydrogens is 266 g/mol. The number of rotatable bonds is 6. The van der Waals surface area contributed by atoms with Crippen molar-refractivity contribution in [3.63, 3.8) is 0 Å². The van der Waals surface area contributed by atoms with E-state index in [1.165, 1.54) is 4.31 Å². The van der Waals surface area contributed by atoms with Gasteiger partial charge in [0.25, 0.3) is 10.2 Å². The summed E-state index contributed by atoms with van der Waals surface area (Å²) >= 11 is 0. The molecule has 7 heteroatoms. The minimum atomic E-state index is -3.48. The van der Waals surface area contributed by atoms with Crippen LogP contribution >= 0.6 is 0 Å². The van der Waals surface area contributed by atoms with Crippen LogP contribution in [0.5, 0.6) is 0 Å². The van der Waals surface area contributed by atoms with E-state index in [9.17, 15) is 13.5 Å². The van der Waals surface area contributed by atoms with Gasteiger partial charge in [-0.2, -0.15) is 17.4 Å². The summed E-state index contributed by atoms with van der Waals surface area (Å²) in [4.78, 5) is 1.83. The van der Waals surface area contributed by atoms with E-state index < -0.39 is 15.8 Å². The minimum Gasteiger partial charge on any atom is -0.387 e. The Labute approximate surface area is 117 Å². The van der Waals surface area contributed by atoms with Crippen LogP contribution < -0.4 is 4.72 Å². The smallest absolute Gasteiger partial charge is 0.279 e. The number of likely N-dealkylation sites (N-methyl/N-ethyl adjacent to an activating group) is 1. The lowest BCUT2D eigenvalue weighted by atomic mass is 10.0. The van der Waals surface area contributed by atoms with Crippen molar-refractivity contribution < 1.29 is 13.5 Å². The molecule has 0 aliphatic carbocycles. The van der Waals surface area contributed by atoms with E-state index in [0.29, 0.717) is 25.6 Å². The average Bonchev–Trinajstić information content (AvgIpc) is 2.25. The first kappa shape index (κ1) is 16.8. The van der Waals surface area contributed by atoms with Crippen LogP contribution in [-0.4, -0.2) is 68.6 Å². The van der Waals surface area contributed by atoms with Crippen molar-refractivity contribution in [2.45, 2.75) is 32.3 Å². The maximum atomic E-state index is 12.2. The normalized spacial score (nSPS) is 25.5. The van der Waals surface area contributed by atoms with Crippen LogP contribution in [0.15, 0.2) is 0 Å². The van der Waals surface area contributed by atoms with Gasteiger partial charge in [0.1, 0.15) is 0 Å². The lowest BCUT2D eigenvalue weighted by molar-refractivity contribution is 0.0381. The molecule has 0 aromatic carbocycles. The maximum Gasteiger partial charge on any atom is 0.279 e. The number of nitrogens with zero attached hydrogens (tertiary/aromatic N) is 2. The Morgan fingerprint density at radius 2 is 2.11 bits per heavy atom. The van der Waals surface area contributed by atoms with Crippen molar-refractivity contribution in [1.29, 1.82) is 0 Å². The van der Waals surface area contributed by atoms with Crippen molar-refractivity contribution >= 4 is 10.2 Å². The van der Waals surface area contributed by atoms with Crippen LogP contribution in [0.25, 0.3) is 0 Å². The van der Waals surface area contributed by atoms with Gasteiger partial charge in [0.15, 0.2) is 0 Å². The predicted octanol–water partition coefficient (Wildman–Crippen LogP) is -0.135. The van der Waals surface area contributed by atoms with Crippen LogP contribution in [0.3, 0.4) is 0 Å². The molecule has 0 radical (unpaired) electrons. The van der Waals surface area contributed by atoms with Crippen LogP contribution in [-0.2, 0) is 10.2 Å². The van der Waals surface area contributed by atoms with E-state index >= 15 is 0 Å². The van der Waals surface area contributed by atoms with Crippen LogP contribution in [0.2, 0.25) is 0 Å². The summed E-state index contributed by atoms with van der Waals surface area (Å²) in [6, 6.07) is 0. The van der Waals surface area contributed by atoms with Gasteiger partial charge in [0, 0.05) is 26.2 Å². The average molecular weight is 293 g/mol. The van der Waals surface area contributed by atoms with Crippen molar-refractivity contribution in [3.8, 4) is 0 Å². The summed E-state index contributed by atoms with van der Waals surface area (Å²) in [6.07, 6.45) is 1.97. The molecule has 114 valence electrons. The third-order valence-electron chi connectivity index (χ3n) is 3.25. The van der Waals surface area contributed by atoms with Gasteiger partial charge in [-0.3, -0.25) is 0 Å². The van der Waals surface area contributed by atoms with Gasteiger partial charge in [-0.25, -0.2) is 0 Å². The molecule has 19 heavy (non-hydrogen) atoms. The SMILES string of the molecule is CC1CCCN(S(=O)(=O)NCC(C)(O)CN(C)C)C1. The Kier molecular flexibility index (Phi) is 5.76. The number of hydrogen-bond acceptors (Lipinski definition) is 4. The topological polar surface area (TPSA) is 72.9 Å². The number of piperidine rings is 1. The van der Waals surface area contributed by atoms with E-state index in [1.807, 2.05) is 19.0 Å². The van der Waals surface area contributed by atoms with E-state index in [4.69, 9.17) is 0 Å². The first-order valence-corrected chi connectivity index (χ1v) is 8.18. The summed E-state index contributed by atoms with van der Waals surface area (Å²) in [7, 11) is 0.205. The molecule has 2 atom stereocenters. The second kappa shape index (κ2) is 6.49. The molecule has 6 nitrogen and oxygen atoms in total. The molecule has 0 bridgehead atoms. The first-order valence-electron chi connectivity index (χ1n) is 6.74. The molecule has 1 rings (SSSR count). The van der Waals surface area contributed by atoms with Gasteiger partial charge in [-0.1, -0.05) is 6.92 Å². The minimum absolute atomic E-state index is 0.0262. The lowest BCUT2D eigenvalue weighted by Gasteiger charge is -2.32. The summed E-state index contributed by atoms with van der Waals surface area (Å²) in [6.45, 7) is 5.25. The molecule has 0 saturated carbocycles. The highest BCUT2D eigenvalue weighted by Crippen LogP contribution is 2.17. The standard InChI is InChI=1S/C12H27N3O3S/c1-11-6-5-7-15(8-11)19(17,18)13-9-12(2,16)10-14(3)4/h11,13,16H,5-10H2,1-4H3. The zero-order valence-corrected chi connectivity index (χ0v) is 13.2. The third kappa shape index (κ3) is 5.74. The van der Waals surface area contributed by atoms with Gasteiger partial charge in [-0.15, -0.1) is 0 Å².